The molecular formula is C19H19ClFN3O2. The minimum atomic E-state index is -0.455. The fourth-order valence-electron chi connectivity index (χ4n) is 2.65. The van der Waals surface area contributed by atoms with E-state index < -0.39 is 5.82 Å². The van der Waals surface area contributed by atoms with Gasteiger partial charge in [-0.1, -0.05) is 18.8 Å². The number of carbonyl (C=O) groups is 1. The molecule has 2 aromatic rings. The van der Waals surface area contributed by atoms with E-state index in [1.165, 1.54) is 6.07 Å². The summed E-state index contributed by atoms with van der Waals surface area (Å²) in [6.45, 7) is 3.20. The zero-order valence-corrected chi connectivity index (χ0v) is 15.2. The highest BCUT2D eigenvalue weighted by atomic mass is 35.5. The zero-order chi connectivity index (χ0) is 17.8. The number of hydrogen-bond acceptors (Lipinski definition) is 3. The predicted octanol–water partition coefficient (Wildman–Crippen LogP) is 3.04. The maximum Gasteiger partial charge on any atom is 0.256 e. The Morgan fingerprint density at radius 2 is 2.15 bits per heavy atom. The molecule has 2 heterocycles. The quantitative estimate of drug-likeness (QED) is 0.437. The van der Waals surface area contributed by atoms with Crippen molar-refractivity contribution in [3.63, 3.8) is 0 Å². The van der Waals surface area contributed by atoms with E-state index in [0.29, 0.717) is 34.8 Å². The summed E-state index contributed by atoms with van der Waals surface area (Å²) in [5.74, 6) is 5.58. The molecule has 7 heteroatoms. The van der Waals surface area contributed by atoms with Gasteiger partial charge in [-0.15, -0.1) is 12.4 Å². The summed E-state index contributed by atoms with van der Waals surface area (Å²) in [6, 6.07) is 4.61. The van der Waals surface area contributed by atoms with E-state index in [0.717, 1.165) is 6.54 Å². The molecule has 1 amide bonds. The third-order valence-electron chi connectivity index (χ3n) is 3.84. The van der Waals surface area contributed by atoms with Crippen LogP contribution >= 0.6 is 12.4 Å². The third-order valence-corrected chi connectivity index (χ3v) is 3.84. The van der Waals surface area contributed by atoms with Crippen LogP contribution in [0.5, 0.6) is 5.75 Å². The van der Waals surface area contributed by atoms with Crippen molar-refractivity contribution in [1.29, 1.82) is 0 Å². The SMILES string of the molecule is CCNCC#Cc1c(F)ccc2c1/C(=C/c1[nH]ccc1OC)C(=O)N2.Cl. The number of hydrogen-bond donors (Lipinski definition) is 3. The number of nitrogens with one attached hydrogen (secondary N) is 3. The van der Waals surface area contributed by atoms with Crippen LogP contribution in [0.4, 0.5) is 10.1 Å². The molecule has 1 aromatic carbocycles. The van der Waals surface area contributed by atoms with Crippen LogP contribution in [0.1, 0.15) is 23.7 Å². The standard InChI is InChI=1S/C19H18FN3O2.ClH/c1-3-21-9-4-5-12-14(20)6-7-15-18(12)13(19(24)23-15)11-16-17(25-2)8-10-22-16;/h6-8,10-11,21-22H,3,9H2,1-2H3,(H,23,24);1H/b13-11-;. The van der Waals surface area contributed by atoms with Gasteiger partial charge >= 0.3 is 0 Å². The first kappa shape index (κ1) is 19.6. The lowest BCUT2D eigenvalue weighted by Crippen LogP contribution is -2.12. The molecule has 0 bridgehead atoms. The number of anilines is 1. The third kappa shape index (κ3) is 3.74. The van der Waals surface area contributed by atoms with Gasteiger partial charge in [-0.2, -0.15) is 0 Å². The van der Waals surface area contributed by atoms with E-state index in [9.17, 15) is 9.18 Å². The highest BCUT2D eigenvalue weighted by molar-refractivity contribution is 6.35. The van der Waals surface area contributed by atoms with Crippen LogP contribution in [0.15, 0.2) is 24.4 Å². The summed E-state index contributed by atoms with van der Waals surface area (Å²) < 4.78 is 19.6. The molecule has 0 spiro atoms. The average molecular weight is 376 g/mol. The highest BCUT2D eigenvalue weighted by Crippen LogP contribution is 2.37. The van der Waals surface area contributed by atoms with Crippen molar-refractivity contribution in [2.75, 3.05) is 25.5 Å². The van der Waals surface area contributed by atoms with E-state index in [-0.39, 0.29) is 23.9 Å². The molecule has 0 fully saturated rings. The monoisotopic (exact) mass is 375 g/mol. The molecule has 1 aliphatic heterocycles. The predicted molar refractivity (Wildman–Crippen MR) is 103 cm³/mol. The zero-order valence-electron chi connectivity index (χ0n) is 14.4. The molecule has 0 atom stereocenters. The molecule has 0 aliphatic carbocycles. The van der Waals surface area contributed by atoms with Gasteiger partial charge in [0.1, 0.15) is 11.6 Å². The maximum atomic E-state index is 14.4. The molecule has 0 saturated heterocycles. The van der Waals surface area contributed by atoms with Crippen LogP contribution in [0.2, 0.25) is 0 Å². The van der Waals surface area contributed by atoms with Gasteiger partial charge in [0.2, 0.25) is 0 Å². The largest absolute Gasteiger partial charge is 0.495 e. The Labute approximate surface area is 157 Å². The number of halogens is 2. The van der Waals surface area contributed by atoms with E-state index in [1.54, 1.807) is 31.5 Å². The molecular weight excluding hydrogens is 357 g/mol. The number of rotatable bonds is 4. The van der Waals surface area contributed by atoms with Gasteiger partial charge in [0.05, 0.1) is 36.2 Å². The molecule has 0 unspecified atom stereocenters. The summed E-state index contributed by atoms with van der Waals surface area (Å²) in [5.41, 5.74) is 2.23. The summed E-state index contributed by atoms with van der Waals surface area (Å²) in [7, 11) is 1.55. The highest BCUT2D eigenvalue weighted by Gasteiger charge is 2.28. The molecule has 136 valence electrons. The first-order valence-electron chi connectivity index (χ1n) is 7.92. The second kappa shape index (κ2) is 8.56. The van der Waals surface area contributed by atoms with Crippen LogP contribution in [0, 0.1) is 17.7 Å². The fourth-order valence-corrected chi connectivity index (χ4v) is 2.65. The molecule has 3 N–H and O–H groups in total. The second-order valence-electron chi connectivity index (χ2n) is 5.40. The minimum Gasteiger partial charge on any atom is -0.495 e. The number of benzene rings is 1. The van der Waals surface area contributed by atoms with E-state index >= 15 is 0 Å². The van der Waals surface area contributed by atoms with Crippen molar-refractivity contribution in [2.24, 2.45) is 0 Å². The Morgan fingerprint density at radius 3 is 2.88 bits per heavy atom. The molecule has 3 rings (SSSR count). The van der Waals surface area contributed by atoms with E-state index in [2.05, 4.69) is 27.5 Å². The Balaban J connectivity index is 0.00000243. The van der Waals surface area contributed by atoms with Crippen LogP contribution in [-0.4, -0.2) is 31.1 Å². The molecule has 1 aromatic heterocycles. The van der Waals surface area contributed by atoms with Crippen LogP contribution in [0.3, 0.4) is 0 Å². The van der Waals surface area contributed by atoms with Crippen molar-refractivity contribution >= 4 is 35.7 Å². The lowest BCUT2D eigenvalue weighted by Gasteiger charge is -2.05. The van der Waals surface area contributed by atoms with Crippen LogP contribution in [-0.2, 0) is 4.79 Å². The van der Waals surface area contributed by atoms with Gasteiger partial charge in [-0.25, -0.2) is 4.39 Å². The lowest BCUT2D eigenvalue weighted by molar-refractivity contribution is -0.110. The first-order chi connectivity index (χ1) is 12.2. The van der Waals surface area contributed by atoms with Crippen LogP contribution in [0.25, 0.3) is 11.6 Å². The van der Waals surface area contributed by atoms with Crippen molar-refractivity contribution in [1.82, 2.24) is 10.3 Å². The van der Waals surface area contributed by atoms with Gasteiger partial charge in [-0.3, -0.25) is 4.79 Å². The molecule has 5 nitrogen and oxygen atoms in total. The molecule has 26 heavy (non-hydrogen) atoms. The van der Waals surface area contributed by atoms with Gasteiger partial charge in [0, 0.05) is 11.8 Å². The van der Waals surface area contributed by atoms with Gasteiger partial charge in [0.15, 0.2) is 0 Å². The number of carbonyl (C=O) groups excluding carboxylic acids is 1. The Bertz CT molecular complexity index is 909. The second-order valence-corrected chi connectivity index (χ2v) is 5.40. The van der Waals surface area contributed by atoms with Gasteiger partial charge < -0.3 is 20.4 Å². The number of methoxy groups -OCH3 is 1. The number of aromatic amines is 1. The van der Waals surface area contributed by atoms with Crippen molar-refractivity contribution in [3.05, 3.63) is 47.0 Å². The van der Waals surface area contributed by atoms with Crippen LogP contribution < -0.4 is 15.4 Å². The molecule has 0 radical (unpaired) electrons. The normalized spacial score (nSPS) is 13.5. The number of ether oxygens (including phenoxy) is 1. The molecule has 0 saturated carbocycles. The number of H-pyrrole nitrogens is 1. The topological polar surface area (TPSA) is 66.1 Å². The Kier molecular flexibility index (Phi) is 6.45. The molecule has 1 aliphatic rings. The fraction of sp³-hybridized carbons (Fsp3) is 0.211. The van der Waals surface area contributed by atoms with Crippen molar-refractivity contribution < 1.29 is 13.9 Å². The van der Waals surface area contributed by atoms with Crippen molar-refractivity contribution in [3.8, 4) is 17.6 Å². The number of fused-ring (bicyclic) bond motifs is 1. The maximum absolute atomic E-state index is 14.4. The lowest BCUT2D eigenvalue weighted by atomic mass is 9.99. The van der Waals surface area contributed by atoms with E-state index in [4.69, 9.17) is 4.74 Å². The smallest absolute Gasteiger partial charge is 0.256 e. The summed E-state index contributed by atoms with van der Waals surface area (Å²) in [5, 5.41) is 5.82. The summed E-state index contributed by atoms with van der Waals surface area (Å²) in [6.07, 6.45) is 3.36. The average Bonchev–Trinajstić information content (AvgIpc) is 3.18. The van der Waals surface area contributed by atoms with Gasteiger partial charge in [0.25, 0.3) is 5.91 Å². The number of amides is 1. The Morgan fingerprint density at radius 1 is 1.35 bits per heavy atom. The van der Waals surface area contributed by atoms with Crippen molar-refractivity contribution in [2.45, 2.75) is 6.92 Å². The van der Waals surface area contributed by atoms with Gasteiger partial charge in [-0.05, 0) is 30.8 Å². The summed E-state index contributed by atoms with van der Waals surface area (Å²) in [4.78, 5) is 15.4. The summed E-state index contributed by atoms with van der Waals surface area (Å²) >= 11 is 0. The number of aromatic nitrogens is 1. The minimum absolute atomic E-state index is 0. The Hall–Kier alpha value is -2.75. The first-order valence-corrected chi connectivity index (χ1v) is 7.92. The van der Waals surface area contributed by atoms with E-state index in [1.807, 2.05) is 6.92 Å².